The van der Waals surface area contributed by atoms with Gasteiger partial charge in [0.2, 0.25) is 0 Å². The van der Waals surface area contributed by atoms with E-state index in [9.17, 15) is 0 Å². The van der Waals surface area contributed by atoms with Gasteiger partial charge >= 0.3 is 0 Å². The van der Waals surface area contributed by atoms with Crippen molar-refractivity contribution in [2.45, 2.75) is 43.7 Å². The molecule has 2 aliphatic heterocycles. The number of nitrogens with one attached hydrogen (secondary N) is 2. The lowest BCUT2D eigenvalue weighted by Crippen LogP contribution is -2.47. The molecule has 2 saturated heterocycles. The first-order valence-electron chi connectivity index (χ1n) is 10.2. The highest BCUT2D eigenvalue weighted by Crippen LogP contribution is 2.34. The SMILES string of the molecule is c1ccc(C2CNNC2C2CCN(C3Cc4ccccc4C3)CC2)cc1. The van der Waals surface area contributed by atoms with E-state index in [1.54, 1.807) is 11.1 Å². The maximum Gasteiger partial charge on any atom is 0.0323 e. The highest BCUT2D eigenvalue weighted by Gasteiger charge is 2.37. The van der Waals surface area contributed by atoms with Crippen molar-refractivity contribution in [3.8, 4) is 0 Å². The maximum atomic E-state index is 3.60. The molecule has 3 heteroatoms. The van der Waals surface area contributed by atoms with E-state index in [0.717, 1.165) is 18.5 Å². The normalized spacial score (nSPS) is 27.7. The fourth-order valence-corrected chi connectivity index (χ4v) is 5.42. The highest BCUT2D eigenvalue weighted by atomic mass is 15.4. The molecule has 2 heterocycles. The number of hydrogen-bond donors (Lipinski definition) is 2. The van der Waals surface area contributed by atoms with Gasteiger partial charge in [-0.3, -0.25) is 15.8 Å². The van der Waals surface area contributed by atoms with Crippen LogP contribution in [-0.2, 0) is 12.8 Å². The molecule has 2 unspecified atom stereocenters. The Bertz CT molecular complexity index is 711. The van der Waals surface area contributed by atoms with Crippen LogP contribution in [0.1, 0.15) is 35.4 Å². The lowest BCUT2D eigenvalue weighted by atomic mass is 9.80. The van der Waals surface area contributed by atoms with Crippen LogP contribution < -0.4 is 10.9 Å². The third-order valence-corrected chi connectivity index (χ3v) is 6.88. The summed E-state index contributed by atoms with van der Waals surface area (Å²) in [6.07, 6.45) is 5.12. The van der Waals surface area contributed by atoms with Crippen molar-refractivity contribution in [1.29, 1.82) is 0 Å². The van der Waals surface area contributed by atoms with Gasteiger partial charge in [0, 0.05) is 24.5 Å². The Kier molecular flexibility index (Phi) is 4.53. The zero-order valence-corrected chi connectivity index (χ0v) is 15.4. The maximum absolute atomic E-state index is 3.60. The number of piperidine rings is 1. The Labute approximate surface area is 156 Å². The van der Waals surface area contributed by atoms with E-state index in [2.05, 4.69) is 70.3 Å². The summed E-state index contributed by atoms with van der Waals surface area (Å²) in [5.74, 6) is 1.37. The Hall–Kier alpha value is -1.68. The molecule has 1 aliphatic carbocycles. The summed E-state index contributed by atoms with van der Waals surface area (Å²) in [6.45, 7) is 3.55. The lowest BCUT2D eigenvalue weighted by molar-refractivity contribution is 0.118. The summed E-state index contributed by atoms with van der Waals surface area (Å²) < 4.78 is 0. The number of rotatable bonds is 3. The third-order valence-electron chi connectivity index (χ3n) is 6.88. The first-order chi connectivity index (χ1) is 12.9. The van der Waals surface area contributed by atoms with Crippen molar-refractivity contribution < 1.29 is 0 Å². The minimum absolute atomic E-state index is 0.570. The topological polar surface area (TPSA) is 27.3 Å². The molecule has 26 heavy (non-hydrogen) atoms. The molecule has 0 aromatic heterocycles. The van der Waals surface area contributed by atoms with Crippen LogP contribution in [0.4, 0.5) is 0 Å². The molecule has 3 nitrogen and oxygen atoms in total. The summed E-state index contributed by atoms with van der Waals surface area (Å²) in [5.41, 5.74) is 11.7. The third kappa shape index (κ3) is 3.09. The van der Waals surface area contributed by atoms with Gasteiger partial charge in [-0.05, 0) is 61.4 Å². The summed E-state index contributed by atoms with van der Waals surface area (Å²) in [6, 6.07) is 21.4. The first-order valence-corrected chi connectivity index (χ1v) is 10.2. The molecule has 2 aromatic rings. The van der Waals surface area contributed by atoms with Gasteiger partial charge in [-0.1, -0.05) is 54.6 Å². The molecule has 2 aromatic carbocycles. The second-order valence-electron chi connectivity index (χ2n) is 8.27. The number of likely N-dealkylation sites (tertiary alicyclic amines) is 1. The van der Waals surface area contributed by atoms with Gasteiger partial charge in [0.25, 0.3) is 0 Å². The Morgan fingerprint density at radius 1 is 0.808 bits per heavy atom. The predicted molar refractivity (Wildman–Crippen MR) is 106 cm³/mol. The van der Waals surface area contributed by atoms with Crippen LogP contribution >= 0.6 is 0 Å². The van der Waals surface area contributed by atoms with E-state index < -0.39 is 0 Å². The molecular weight excluding hydrogens is 318 g/mol. The van der Waals surface area contributed by atoms with Crippen molar-refractivity contribution in [2.24, 2.45) is 5.92 Å². The van der Waals surface area contributed by atoms with Crippen LogP contribution in [0, 0.1) is 5.92 Å². The largest absolute Gasteiger partial charge is 0.300 e. The van der Waals surface area contributed by atoms with Gasteiger partial charge in [0.15, 0.2) is 0 Å². The summed E-state index contributed by atoms with van der Waals surface area (Å²) in [4.78, 5) is 2.76. The van der Waals surface area contributed by atoms with Crippen LogP contribution in [0.5, 0.6) is 0 Å². The monoisotopic (exact) mass is 347 g/mol. The van der Waals surface area contributed by atoms with Crippen LogP contribution in [-0.4, -0.2) is 36.6 Å². The van der Waals surface area contributed by atoms with Gasteiger partial charge in [-0.2, -0.15) is 0 Å². The fourth-order valence-electron chi connectivity index (χ4n) is 5.42. The predicted octanol–water partition coefficient (Wildman–Crippen LogP) is 3.13. The first kappa shape index (κ1) is 16.5. The van der Waals surface area contributed by atoms with E-state index in [1.807, 2.05) is 0 Å². The van der Waals surface area contributed by atoms with Gasteiger partial charge in [0.1, 0.15) is 0 Å². The molecule has 0 bridgehead atoms. The number of hydrazine groups is 1. The van der Waals surface area contributed by atoms with E-state index in [4.69, 9.17) is 0 Å². The summed E-state index contributed by atoms with van der Waals surface area (Å²) >= 11 is 0. The number of nitrogens with zero attached hydrogens (tertiary/aromatic N) is 1. The van der Waals surface area contributed by atoms with Crippen molar-refractivity contribution in [3.63, 3.8) is 0 Å². The van der Waals surface area contributed by atoms with E-state index in [-0.39, 0.29) is 0 Å². The molecule has 136 valence electrons. The molecule has 0 amide bonds. The van der Waals surface area contributed by atoms with Gasteiger partial charge in [-0.25, -0.2) is 0 Å². The van der Waals surface area contributed by atoms with Crippen molar-refractivity contribution >= 4 is 0 Å². The molecule has 0 radical (unpaired) electrons. The zero-order chi connectivity index (χ0) is 17.3. The minimum Gasteiger partial charge on any atom is -0.300 e. The van der Waals surface area contributed by atoms with Crippen LogP contribution in [0.15, 0.2) is 54.6 Å². The van der Waals surface area contributed by atoms with E-state index >= 15 is 0 Å². The van der Waals surface area contributed by atoms with Crippen LogP contribution in [0.25, 0.3) is 0 Å². The molecule has 0 spiro atoms. The van der Waals surface area contributed by atoms with Crippen LogP contribution in [0.3, 0.4) is 0 Å². The van der Waals surface area contributed by atoms with Gasteiger partial charge in [-0.15, -0.1) is 0 Å². The lowest BCUT2D eigenvalue weighted by Gasteiger charge is -2.39. The Morgan fingerprint density at radius 2 is 1.46 bits per heavy atom. The van der Waals surface area contributed by atoms with E-state index in [1.165, 1.54) is 44.3 Å². The molecule has 2 fully saturated rings. The van der Waals surface area contributed by atoms with Crippen LogP contribution in [0.2, 0.25) is 0 Å². The molecule has 0 saturated carbocycles. The number of fused-ring (bicyclic) bond motifs is 1. The standard InChI is InChI=1S/C23H29N3/c1-2-6-17(7-3-1)22-16-24-25-23(22)18-10-12-26(13-11-18)21-14-19-8-4-5-9-20(19)15-21/h1-9,18,21-25H,10-16H2. The Morgan fingerprint density at radius 3 is 2.15 bits per heavy atom. The molecule has 3 aliphatic rings. The minimum atomic E-state index is 0.570. The van der Waals surface area contributed by atoms with Crippen molar-refractivity contribution in [2.75, 3.05) is 19.6 Å². The average molecular weight is 348 g/mol. The smallest absolute Gasteiger partial charge is 0.0323 e. The molecule has 5 rings (SSSR count). The quantitative estimate of drug-likeness (QED) is 0.893. The Balaban J connectivity index is 1.21. The zero-order valence-electron chi connectivity index (χ0n) is 15.4. The molecular formula is C23H29N3. The molecule has 2 atom stereocenters. The van der Waals surface area contributed by atoms with E-state index in [0.29, 0.717) is 12.0 Å². The number of benzene rings is 2. The highest BCUT2D eigenvalue weighted by molar-refractivity contribution is 5.33. The molecule has 2 N–H and O–H groups in total. The van der Waals surface area contributed by atoms with Crippen molar-refractivity contribution in [1.82, 2.24) is 15.8 Å². The second kappa shape index (κ2) is 7.15. The van der Waals surface area contributed by atoms with Crippen molar-refractivity contribution in [3.05, 3.63) is 71.3 Å². The summed E-state index contributed by atoms with van der Waals surface area (Å²) in [7, 11) is 0. The van der Waals surface area contributed by atoms with Gasteiger partial charge < -0.3 is 0 Å². The fraction of sp³-hybridized carbons (Fsp3) is 0.478. The van der Waals surface area contributed by atoms with Gasteiger partial charge in [0.05, 0.1) is 0 Å². The average Bonchev–Trinajstić information content (AvgIpc) is 3.36. The second-order valence-corrected chi connectivity index (χ2v) is 8.27. The number of hydrogen-bond acceptors (Lipinski definition) is 3. The summed E-state index contributed by atoms with van der Waals surface area (Å²) in [5, 5.41) is 0.